The van der Waals surface area contributed by atoms with E-state index in [0.29, 0.717) is 6.04 Å². The number of hydrogen-bond acceptors (Lipinski definition) is 3. The van der Waals surface area contributed by atoms with Crippen molar-refractivity contribution in [2.24, 2.45) is 0 Å². The van der Waals surface area contributed by atoms with E-state index in [1.807, 2.05) is 36.9 Å². The van der Waals surface area contributed by atoms with Crippen molar-refractivity contribution in [1.82, 2.24) is 19.9 Å². The van der Waals surface area contributed by atoms with E-state index in [4.69, 9.17) is 11.6 Å². The summed E-state index contributed by atoms with van der Waals surface area (Å²) < 4.78 is 0. The summed E-state index contributed by atoms with van der Waals surface area (Å²) in [6, 6.07) is 12.8. The molecular formula is C23H24ClN5. The van der Waals surface area contributed by atoms with Gasteiger partial charge in [0.1, 0.15) is 5.65 Å². The Hall–Kier alpha value is -2.76. The van der Waals surface area contributed by atoms with Crippen LogP contribution in [0, 0.1) is 0 Å². The molecule has 0 unspecified atom stereocenters. The van der Waals surface area contributed by atoms with Gasteiger partial charge < -0.3 is 15.3 Å². The summed E-state index contributed by atoms with van der Waals surface area (Å²) in [5.41, 5.74) is 5.66. The highest BCUT2D eigenvalue weighted by Gasteiger charge is 2.22. The Labute approximate surface area is 175 Å². The van der Waals surface area contributed by atoms with Gasteiger partial charge in [0.25, 0.3) is 0 Å². The number of benzene rings is 1. The molecule has 0 aliphatic carbocycles. The zero-order valence-electron chi connectivity index (χ0n) is 16.2. The van der Waals surface area contributed by atoms with Crippen LogP contribution in [-0.2, 0) is 6.54 Å². The number of fused-ring (bicyclic) bond motifs is 1. The molecule has 6 heteroatoms. The SMILES string of the molecule is Clc1cccc(CN2CCC(Nc3c(-c4cc[nH]c4)cnc4[nH]ccc34)CC2)c1. The second kappa shape index (κ2) is 7.93. The van der Waals surface area contributed by atoms with E-state index < -0.39 is 0 Å². The third-order valence-corrected chi connectivity index (χ3v) is 5.96. The average Bonchev–Trinajstić information content (AvgIpc) is 3.42. The van der Waals surface area contributed by atoms with Gasteiger partial charge in [-0.15, -0.1) is 0 Å². The molecule has 3 aromatic heterocycles. The molecule has 5 rings (SSSR count). The third kappa shape index (κ3) is 3.88. The van der Waals surface area contributed by atoms with Gasteiger partial charge in [0.2, 0.25) is 0 Å². The molecule has 4 heterocycles. The molecule has 4 aromatic rings. The summed E-state index contributed by atoms with van der Waals surface area (Å²) in [5.74, 6) is 0. The van der Waals surface area contributed by atoms with Crippen LogP contribution in [0.15, 0.2) is 61.2 Å². The topological polar surface area (TPSA) is 59.7 Å². The molecule has 1 aliphatic rings. The summed E-state index contributed by atoms with van der Waals surface area (Å²) >= 11 is 6.13. The second-order valence-corrected chi connectivity index (χ2v) is 8.15. The summed E-state index contributed by atoms with van der Waals surface area (Å²) in [5, 5.41) is 5.79. The lowest BCUT2D eigenvalue weighted by Gasteiger charge is -2.33. The summed E-state index contributed by atoms with van der Waals surface area (Å²) in [4.78, 5) is 13.5. The van der Waals surface area contributed by atoms with E-state index >= 15 is 0 Å². The molecule has 0 atom stereocenters. The Kier molecular flexibility index (Phi) is 5.00. The van der Waals surface area contributed by atoms with Gasteiger partial charge in [-0.05, 0) is 42.7 Å². The van der Waals surface area contributed by atoms with Crippen LogP contribution >= 0.6 is 11.6 Å². The highest BCUT2D eigenvalue weighted by Crippen LogP contribution is 2.34. The standard InChI is InChI=1S/C23H24ClN5/c24-18-3-1-2-16(12-18)15-29-10-6-19(7-11-29)28-22-20-5-9-26-23(20)27-14-21(22)17-4-8-25-13-17/h1-5,8-9,12-14,19,25H,6-7,10-11,15H2,(H2,26,27,28). The molecule has 3 N–H and O–H groups in total. The zero-order valence-corrected chi connectivity index (χ0v) is 16.9. The number of anilines is 1. The van der Waals surface area contributed by atoms with E-state index in [0.717, 1.165) is 59.7 Å². The lowest BCUT2D eigenvalue weighted by atomic mass is 10.0. The van der Waals surface area contributed by atoms with Gasteiger partial charge in [0, 0.05) is 72.0 Å². The zero-order chi connectivity index (χ0) is 19.6. The molecule has 1 aliphatic heterocycles. The van der Waals surface area contributed by atoms with Crippen molar-refractivity contribution in [3.63, 3.8) is 0 Å². The molecule has 29 heavy (non-hydrogen) atoms. The fraction of sp³-hybridized carbons (Fsp3) is 0.261. The highest BCUT2D eigenvalue weighted by atomic mass is 35.5. The first kappa shape index (κ1) is 18.3. The molecule has 0 amide bonds. The highest BCUT2D eigenvalue weighted by molar-refractivity contribution is 6.30. The van der Waals surface area contributed by atoms with Gasteiger partial charge in [-0.25, -0.2) is 4.98 Å². The van der Waals surface area contributed by atoms with Crippen molar-refractivity contribution >= 4 is 28.3 Å². The molecule has 0 radical (unpaired) electrons. The normalized spacial score (nSPS) is 15.8. The van der Waals surface area contributed by atoms with Crippen LogP contribution in [0.5, 0.6) is 0 Å². The lowest BCUT2D eigenvalue weighted by Crippen LogP contribution is -2.38. The largest absolute Gasteiger partial charge is 0.381 e. The van der Waals surface area contributed by atoms with E-state index in [9.17, 15) is 0 Å². The number of pyridine rings is 1. The van der Waals surface area contributed by atoms with E-state index in [-0.39, 0.29) is 0 Å². The van der Waals surface area contributed by atoms with Crippen LogP contribution < -0.4 is 5.32 Å². The fourth-order valence-electron chi connectivity index (χ4n) is 4.21. The lowest BCUT2D eigenvalue weighted by molar-refractivity contribution is 0.211. The molecular weight excluding hydrogens is 382 g/mol. The molecule has 0 saturated carbocycles. The minimum Gasteiger partial charge on any atom is -0.381 e. The Balaban J connectivity index is 1.31. The number of rotatable bonds is 5. The molecule has 1 saturated heterocycles. The number of hydrogen-bond donors (Lipinski definition) is 3. The summed E-state index contributed by atoms with van der Waals surface area (Å²) in [6.07, 6.45) is 10.1. The first-order chi connectivity index (χ1) is 14.3. The molecule has 148 valence electrons. The van der Waals surface area contributed by atoms with Gasteiger partial charge in [0.05, 0.1) is 5.69 Å². The minimum absolute atomic E-state index is 0.448. The van der Waals surface area contributed by atoms with Crippen LogP contribution in [0.3, 0.4) is 0 Å². The smallest absolute Gasteiger partial charge is 0.139 e. The number of nitrogens with one attached hydrogen (secondary N) is 3. The third-order valence-electron chi connectivity index (χ3n) is 5.73. The maximum absolute atomic E-state index is 6.13. The molecule has 0 spiro atoms. The maximum Gasteiger partial charge on any atom is 0.139 e. The quantitative estimate of drug-likeness (QED) is 0.423. The second-order valence-electron chi connectivity index (χ2n) is 7.71. The Morgan fingerprint density at radius 2 is 2.03 bits per heavy atom. The number of H-pyrrole nitrogens is 2. The van der Waals surface area contributed by atoms with Crippen molar-refractivity contribution in [2.45, 2.75) is 25.4 Å². The summed E-state index contributed by atoms with van der Waals surface area (Å²) in [6.45, 7) is 3.11. The fourth-order valence-corrected chi connectivity index (χ4v) is 4.42. The Morgan fingerprint density at radius 1 is 1.14 bits per heavy atom. The monoisotopic (exact) mass is 405 g/mol. The predicted octanol–water partition coefficient (Wildman–Crippen LogP) is 5.29. The number of piperidine rings is 1. The Morgan fingerprint density at radius 3 is 2.83 bits per heavy atom. The molecule has 1 aromatic carbocycles. The number of nitrogens with zero attached hydrogens (tertiary/aromatic N) is 2. The van der Waals surface area contributed by atoms with Crippen molar-refractivity contribution in [1.29, 1.82) is 0 Å². The molecule has 0 bridgehead atoms. The number of likely N-dealkylation sites (tertiary alicyclic amines) is 1. The van der Waals surface area contributed by atoms with Crippen LogP contribution in [0.1, 0.15) is 18.4 Å². The molecule has 5 nitrogen and oxygen atoms in total. The van der Waals surface area contributed by atoms with Gasteiger partial charge in [0.15, 0.2) is 0 Å². The average molecular weight is 406 g/mol. The number of halogens is 1. The van der Waals surface area contributed by atoms with Gasteiger partial charge >= 0.3 is 0 Å². The molecule has 1 fully saturated rings. The summed E-state index contributed by atoms with van der Waals surface area (Å²) in [7, 11) is 0. The van der Waals surface area contributed by atoms with Gasteiger partial charge in [-0.1, -0.05) is 23.7 Å². The number of aromatic amines is 2. The van der Waals surface area contributed by atoms with Crippen LogP contribution in [0.2, 0.25) is 5.02 Å². The number of aromatic nitrogens is 3. The van der Waals surface area contributed by atoms with E-state index in [1.54, 1.807) is 0 Å². The van der Waals surface area contributed by atoms with Crippen molar-refractivity contribution in [2.75, 3.05) is 18.4 Å². The van der Waals surface area contributed by atoms with Crippen molar-refractivity contribution < 1.29 is 0 Å². The van der Waals surface area contributed by atoms with Crippen molar-refractivity contribution in [3.8, 4) is 11.1 Å². The Bertz CT molecular complexity index is 1090. The van der Waals surface area contributed by atoms with Crippen LogP contribution in [0.4, 0.5) is 5.69 Å². The van der Waals surface area contributed by atoms with Crippen LogP contribution in [0.25, 0.3) is 22.2 Å². The van der Waals surface area contributed by atoms with E-state index in [2.05, 4.69) is 49.4 Å². The first-order valence-electron chi connectivity index (χ1n) is 10.1. The van der Waals surface area contributed by atoms with Gasteiger partial charge in [-0.2, -0.15) is 0 Å². The predicted molar refractivity (Wildman–Crippen MR) is 119 cm³/mol. The maximum atomic E-state index is 6.13. The first-order valence-corrected chi connectivity index (χ1v) is 10.5. The minimum atomic E-state index is 0.448. The van der Waals surface area contributed by atoms with Gasteiger partial charge in [-0.3, -0.25) is 4.90 Å². The van der Waals surface area contributed by atoms with Crippen molar-refractivity contribution in [3.05, 3.63) is 71.8 Å². The van der Waals surface area contributed by atoms with Crippen LogP contribution in [-0.4, -0.2) is 39.0 Å². The van der Waals surface area contributed by atoms with E-state index in [1.165, 1.54) is 11.3 Å².